The summed E-state index contributed by atoms with van der Waals surface area (Å²) in [6.07, 6.45) is -5.18. The van der Waals surface area contributed by atoms with E-state index in [1.165, 1.54) is 6.07 Å². The van der Waals surface area contributed by atoms with Crippen LogP contribution in [0.1, 0.15) is 11.3 Å². The molecule has 0 fully saturated rings. The summed E-state index contributed by atoms with van der Waals surface area (Å²) >= 11 is 0. The largest absolute Gasteiger partial charge is 0.394 e. The summed E-state index contributed by atoms with van der Waals surface area (Å²) in [5.74, 6) is 0. The number of alkyl halides is 3. The molecule has 1 aromatic heterocycles. The van der Waals surface area contributed by atoms with Crippen LogP contribution in [-0.2, 0) is 6.42 Å². The van der Waals surface area contributed by atoms with E-state index < -0.39 is 12.6 Å². The molecule has 0 aliphatic rings. The van der Waals surface area contributed by atoms with Crippen LogP contribution in [0.4, 0.5) is 13.2 Å². The zero-order valence-corrected chi connectivity index (χ0v) is 8.67. The van der Waals surface area contributed by atoms with Gasteiger partial charge in [0.25, 0.3) is 0 Å². The molecule has 2 aromatic rings. The minimum absolute atomic E-state index is 0.0729. The van der Waals surface area contributed by atoms with Gasteiger partial charge in [-0.05, 0) is 24.6 Å². The van der Waals surface area contributed by atoms with Gasteiger partial charge in [0.1, 0.15) is 0 Å². The van der Waals surface area contributed by atoms with Crippen LogP contribution in [0.5, 0.6) is 0 Å². The highest BCUT2D eigenvalue weighted by Crippen LogP contribution is 2.23. The molecule has 2 rings (SSSR count). The first-order chi connectivity index (χ1) is 7.46. The van der Waals surface area contributed by atoms with Gasteiger partial charge < -0.3 is 0 Å². The van der Waals surface area contributed by atoms with Gasteiger partial charge in [-0.15, -0.1) is 0 Å². The first-order valence-corrected chi connectivity index (χ1v) is 4.88. The summed E-state index contributed by atoms with van der Waals surface area (Å²) in [5, 5.41) is 0.897. The predicted molar refractivity (Wildman–Crippen MR) is 56.2 cm³/mol. The van der Waals surface area contributed by atoms with Crippen LogP contribution in [0, 0.1) is 6.92 Å². The van der Waals surface area contributed by atoms with E-state index in [1.807, 2.05) is 12.1 Å². The van der Waals surface area contributed by atoms with Crippen molar-refractivity contribution in [3.05, 3.63) is 41.6 Å². The Balaban J connectivity index is 2.50. The molecule has 0 unspecified atom stereocenters. The Morgan fingerprint density at radius 1 is 1.19 bits per heavy atom. The number of aromatic nitrogens is 1. The highest BCUT2D eigenvalue weighted by molar-refractivity contribution is 5.82. The summed E-state index contributed by atoms with van der Waals surface area (Å²) in [5.41, 5.74) is 1.51. The monoisotopic (exact) mass is 225 g/mol. The van der Waals surface area contributed by atoms with E-state index in [-0.39, 0.29) is 5.69 Å². The van der Waals surface area contributed by atoms with E-state index in [4.69, 9.17) is 0 Å². The minimum Gasteiger partial charge on any atom is -0.252 e. The lowest BCUT2D eigenvalue weighted by Crippen LogP contribution is -2.12. The summed E-state index contributed by atoms with van der Waals surface area (Å²) in [7, 11) is 0. The third kappa shape index (κ3) is 2.32. The Morgan fingerprint density at radius 2 is 1.88 bits per heavy atom. The molecule has 0 amide bonds. The topological polar surface area (TPSA) is 12.9 Å². The van der Waals surface area contributed by atoms with Crippen molar-refractivity contribution in [2.45, 2.75) is 19.5 Å². The van der Waals surface area contributed by atoms with E-state index in [2.05, 4.69) is 4.98 Å². The van der Waals surface area contributed by atoms with Crippen LogP contribution in [0.3, 0.4) is 0 Å². The van der Waals surface area contributed by atoms with E-state index in [1.54, 1.807) is 19.1 Å². The Bertz CT molecular complexity index is 517. The lowest BCUT2D eigenvalue weighted by Gasteiger charge is -2.08. The second-order valence-corrected chi connectivity index (χ2v) is 3.74. The molecule has 4 heteroatoms. The number of para-hydroxylation sites is 1. The number of rotatable bonds is 1. The number of hydrogen-bond donors (Lipinski definition) is 0. The van der Waals surface area contributed by atoms with Crippen molar-refractivity contribution in [1.29, 1.82) is 0 Å². The fourth-order valence-electron chi connectivity index (χ4n) is 1.72. The van der Waals surface area contributed by atoms with Gasteiger partial charge in [-0.1, -0.05) is 18.2 Å². The number of fused-ring (bicyclic) bond motifs is 1. The van der Waals surface area contributed by atoms with Crippen molar-refractivity contribution in [2.75, 3.05) is 0 Å². The molecule has 1 aromatic carbocycles. The molecule has 0 radical (unpaired) electrons. The van der Waals surface area contributed by atoms with E-state index in [9.17, 15) is 13.2 Å². The van der Waals surface area contributed by atoms with Crippen molar-refractivity contribution in [3.63, 3.8) is 0 Å². The van der Waals surface area contributed by atoms with Crippen LogP contribution in [0.15, 0.2) is 30.3 Å². The van der Waals surface area contributed by atoms with Gasteiger partial charge in [-0.2, -0.15) is 13.2 Å². The minimum atomic E-state index is -4.21. The Morgan fingerprint density at radius 3 is 2.56 bits per heavy atom. The first kappa shape index (κ1) is 10.9. The van der Waals surface area contributed by atoms with Gasteiger partial charge in [0.05, 0.1) is 17.6 Å². The summed E-state index contributed by atoms with van der Waals surface area (Å²) in [6, 6.07) is 8.69. The molecule has 0 N–H and O–H groups in total. The van der Waals surface area contributed by atoms with Crippen molar-refractivity contribution < 1.29 is 13.2 Å². The molecule has 0 aliphatic heterocycles. The van der Waals surface area contributed by atoms with Crippen LogP contribution < -0.4 is 0 Å². The molecule has 0 bridgehead atoms. The highest BCUT2D eigenvalue weighted by Gasteiger charge is 2.28. The van der Waals surface area contributed by atoms with Crippen molar-refractivity contribution in [2.24, 2.45) is 0 Å². The lowest BCUT2D eigenvalue weighted by atomic mass is 10.1. The van der Waals surface area contributed by atoms with E-state index >= 15 is 0 Å². The van der Waals surface area contributed by atoms with Gasteiger partial charge >= 0.3 is 6.18 Å². The van der Waals surface area contributed by atoms with Gasteiger partial charge in [0.2, 0.25) is 0 Å². The third-order valence-corrected chi connectivity index (χ3v) is 2.36. The van der Waals surface area contributed by atoms with Gasteiger partial charge in [-0.3, -0.25) is 4.98 Å². The maximum atomic E-state index is 12.2. The predicted octanol–water partition coefficient (Wildman–Crippen LogP) is 3.65. The highest BCUT2D eigenvalue weighted by atomic mass is 19.4. The molecule has 0 saturated carbocycles. The van der Waals surface area contributed by atoms with Gasteiger partial charge in [0, 0.05) is 5.39 Å². The lowest BCUT2D eigenvalue weighted by molar-refractivity contribution is -0.127. The second-order valence-electron chi connectivity index (χ2n) is 3.74. The molecular formula is C12H10F3N. The van der Waals surface area contributed by atoms with Gasteiger partial charge in [-0.25, -0.2) is 0 Å². The van der Waals surface area contributed by atoms with Crippen LogP contribution in [0.2, 0.25) is 0 Å². The van der Waals surface area contributed by atoms with Crippen LogP contribution in [0.25, 0.3) is 10.9 Å². The molecule has 0 spiro atoms. The van der Waals surface area contributed by atoms with E-state index in [0.29, 0.717) is 5.52 Å². The second kappa shape index (κ2) is 3.77. The van der Waals surface area contributed by atoms with Gasteiger partial charge in [0.15, 0.2) is 0 Å². The zero-order valence-electron chi connectivity index (χ0n) is 8.67. The Hall–Kier alpha value is -1.58. The average Bonchev–Trinajstić information content (AvgIpc) is 2.15. The molecule has 0 saturated heterocycles. The number of nitrogens with zero attached hydrogens (tertiary/aromatic N) is 1. The number of pyridine rings is 1. The zero-order chi connectivity index (χ0) is 11.8. The maximum absolute atomic E-state index is 12.2. The van der Waals surface area contributed by atoms with Crippen molar-refractivity contribution in [1.82, 2.24) is 4.98 Å². The number of hydrogen-bond acceptors (Lipinski definition) is 1. The number of benzene rings is 1. The summed E-state index contributed by atoms with van der Waals surface area (Å²) < 4.78 is 36.7. The third-order valence-electron chi connectivity index (χ3n) is 2.36. The molecule has 1 heterocycles. The molecule has 1 nitrogen and oxygen atoms in total. The maximum Gasteiger partial charge on any atom is 0.394 e. The molecule has 0 atom stereocenters. The smallest absolute Gasteiger partial charge is 0.252 e. The quantitative estimate of drug-likeness (QED) is 0.721. The fourth-order valence-corrected chi connectivity index (χ4v) is 1.72. The number of aryl methyl sites for hydroxylation is 1. The molecular weight excluding hydrogens is 215 g/mol. The van der Waals surface area contributed by atoms with E-state index in [0.717, 1.165) is 10.9 Å². The SMILES string of the molecule is Cc1cc(CC(F)(F)F)nc2ccccc12. The summed E-state index contributed by atoms with van der Waals surface area (Å²) in [4.78, 5) is 4.00. The fraction of sp³-hybridized carbons (Fsp3) is 0.250. The average molecular weight is 225 g/mol. The molecule has 0 aliphatic carbocycles. The molecule has 16 heavy (non-hydrogen) atoms. The van der Waals surface area contributed by atoms with Crippen molar-refractivity contribution in [3.8, 4) is 0 Å². The standard InChI is InChI=1S/C12H10F3N/c1-8-6-9(7-12(13,14)15)16-11-5-3-2-4-10(8)11/h2-6H,7H2,1H3. The normalized spacial score (nSPS) is 12.0. The van der Waals surface area contributed by atoms with Crippen LogP contribution >= 0.6 is 0 Å². The molecule has 84 valence electrons. The first-order valence-electron chi connectivity index (χ1n) is 4.88. The van der Waals surface area contributed by atoms with Crippen molar-refractivity contribution >= 4 is 10.9 Å². The Kier molecular flexibility index (Phi) is 2.58. The summed E-state index contributed by atoms with van der Waals surface area (Å²) in [6.45, 7) is 1.80. The Labute approximate surface area is 90.9 Å². The van der Waals surface area contributed by atoms with Crippen LogP contribution in [-0.4, -0.2) is 11.2 Å². The number of halogens is 3.